The summed E-state index contributed by atoms with van der Waals surface area (Å²) in [6.07, 6.45) is 0. The van der Waals surface area contributed by atoms with Gasteiger partial charge < -0.3 is 0 Å². The Morgan fingerprint density at radius 2 is 1.35 bits per heavy atom. The van der Waals surface area contributed by atoms with Gasteiger partial charge in [-0.3, -0.25) is 0 Å². The van der Waals surface area contributed by atoms with Crippen molar-refractivity contribution in [2.45, 2.75) is 27.7 Å². The van der Waals surface area contributed by atoms with Crippen molar-refractivity contribution in [2.24, 2.45) is 0 Å². The summed E-state index contributed by atoms with van der Waals surface area (Å²) in [5.41, 5.74) is 5.96. The molecule has 2 aromatic rings. The van der Waals surface area contributed by atoms with Crippen molar-refractivity contribution in [1.82, 2.24) is 0 Å². The zero-order valence-corrected chi connectivity index (χ0v) is 12.4. The standard InChI is InChI=1S/2C9H9N/c1-7-4-5-9(10-3)8(2)6-7;1-7-5-4-6-8(2)9(7)10-3/h2*4-6H,1-2H3. The van der Waals surface area contributed by atoms with Crippen LogP contribution in [0.15, 0.2) is 36.4 Å². The van der Waals surface area contributed by atoms with Gasteiger partial charge in [0.05, 0.1) is 13.1 Å². The summed E-state index contributed by atoms with van der Waals surface area (Å²) in [5, 5.41) is 0. The van der Waals surface area contributed by atoms with Crippen LogP contribution >= 0.6 is 0 Å². The summed E-state index contributed by atoms with van der Waals surface area (Å²) < 4.78 is 0. The van der Waals surface area contributed by atoms with Gasteiger partial charge in [0.25, 0.3) is 0 Å². The summed E-state index contributed by atoms with van der Waals surface area (Å²) in [4.78, 5) is 6.78. The maximum atomic E-state index is 6.85. The average Bonchev–Trinajstić information content (AvgIpc) is 2.40. The third kappa shape index (κ3) is 3.97. The van der Waals surface area contributed by atoms with Crippen LogP contribution in [0, 0.1) is 40.8 Å². The van der Waals surface area contributed by atoms with Crippen LogP contribution < -0.4 is 0 Å². The molecule has 0 saturated carbocycles. The Kier molecular flexibility index (Phi) is 5.51. The van der Waals surface area contributed by atoms with Crippen LogP contribution in [0.5, 0.6) is 0 Å². The minimum Gasteiger partial charge on any atom is -0.238 e. The van der Waals surface area contributed by atoms with E-state index < -0.39 is 0 Å². The molecule has 0 aliphatic rings. The van der Waals surface area contributed by atoms with Crippen LogP contribution in [-0.2, 0) is 0 Å². The maximum Gasteiger partial charge on any atom is 0.193 e. The molecule has 0 spiro atoms. The third-order valence-electron chi connectivity index (χ3n) is 3.02. The second-order valence-corrected chi connectivity index (χ2v) is 4.75. The van der Waals surface area contributed by atoms with Gasteiger partial charge in [-0.15, -0.1) is 0 Å². The molecule has 2 heteroatoms. The van der Waals surface area contributed by atoms with Crippen molar-refractivity contribution < 1.29 is 0 Å². The Balaban J connectivity index is 0.000000200. The Bertz CT molecular complexity index is 665. The van der Waals surface area contributed by atoms with Crippen LogP contribution in [0.2, 0.25) is 0 Å². The Labute approximate surface area is 121 Å². The van der Waals surface area contributed by atoms with Crippen molar-refractivity contribution in [1.29, 1.82) is 0 Å². The van der Waals surface area contributed by atoms with E-state index >= 15 is 0 Å². The second kappa shape index (κ2) is 7.12. The third-order valence-corrected chi connectivity index (χ3v) is 3.02. The van der Waals surface area contributed by atoms with Crippen molar-refractivity contribution in [3.63, 3.8) is 0 Å². The van der Waals surface area contributed by atoms with Gasteiger partial charge in [-0.2, -0.15) is 0 Å². The molecule has 0 radical (unpaired) electrons. The summed E-state index contributed by atoms with van der Waals surface area (Å²) in [5.74, 6) is 0. The molecule has 20 heavy (non-hydrogen) atoms. The lowest BCUT2D eigenvalue weighted by Crippen LogP contribution is -1.75. The molecular weight excluding hydrogens is 244 g/mol. The largest absolute Gasteiger partial charge is 0.238 e. The van der Waals surface area contributed by atoms with E-state index in [9.17, 15) is 0 Å². The molecule has 2 aromatic carbocycles. The predicted octanol–water partition coefficient (Wildman–Crippen LogP) is 5.71. The van der Waals surface area contributed by atoms with E-state index in [0.717, 1.165) is 28.1 Å². The molecular formula is C18H18N2. The van der Waals surface area contributed by atoms with Crippen molar-refractivity contribution in [3.8, 4) is 0 Å². The lowest BCUT2D eigenvalue weighted by atomic mass is 10.1. The molecule has 0 fully saturated rings. The SMILES string of the molecule is [C-]#[N+]c1c(C)cccc1C.[C-]#[N+]c1ccc(C)cc1C. The van der Waals surface area contributed by atoms with E-state index in [1.807, 2.05) is 64.1 Å². The molecule has 0 atom stereocenters. The summed E-state index contributed by atoms with van der Waals surface area (Å²) >= 11 is 0. The molecule has 0 aliphatic carbocycles. The van der Waals surface area contributed by atoms with Crippen LogP contribution in [-0.4, -0.2) is 0 Å². The first-order valence-electron chi connectivity index (χ1n) is 6.38. The monoisotopic (exact) mass is 262 g/mol. The highest BCUT2D eigenvalue weighted by Crippen LogP contribution is 2.22. The van der Waals surface area contributed by atoms with Crippen LogP contribution in [0.3, 0.4) is 0 Å². The smallest absolute Gasteiger partial charge is 0.193 e. The fourth-order valence-electron chi connectivity index (χ4n) is 1.91. The van der Waals surface area contributed by atoms with Crippen LogP contribution in [0.1, 0.15) is 22.3 Å². The molecule has 0 saturated heterocycles. The lowest BCUT2D eigenvalue weighted by molar-refractivity contribution is 1.40. The minimum atomic E-state index is 0.755. The molecule has 0 aliphatic heterocycles. The van der Waals surface area contributed by atoms with E-state index in [4.69, 9.17) is 13.1 Å². The number of rotatable bonds is 0. The van der Waals surface area contributed by atoms with Gasteiger partial charge in [0.15, 0.2) is 11.4 Å². The first kappa shape index (κ1) is 15.5. The number of hydrogen-bond donors (Lipinski definition) is 0. The summed E-state index contributed by atoms with van der Waals surface area (Å²) in [7, 11) is 0. The van der Waals surface area contributed by atoms with Gasteiger partial charge in [-0.05, 0) is 44.4 Å². The average molecular weight is 262 g/mol. The number of benzene rings is 2. The van der Waals surface area contributed by atoms with Gasteiger partial charge in [0.2, 0.25) is 0 Å². The first-order valence-corrected chi connectivity index (χ1v) is 6.38. The Morgan fingerprint density at radius 1 is 0.750 bits per heavy atom. The number of nitrogens with zero attached hydrogens (tertiary/aromatic N) is 2. The lowest BCUT2D eigenvalue weighted by Gasteiger charge is -1.98. The molecule has 0 aromatic heterocycles. The normalized spacial score (nSPS) is 8.90. The van der Waals surface area contributed by atoms with Crippen LogP contribution in [0.25, 0.3) is 9.69 Å². The topological polar surface area (TPSA) is 8.72 Å². The van der Waals surface area contributed by atoms with E-state index in [1.165, 1.54) is 5.56 Å². The summed E-state index contributed by atoms with van der Waals surface area (Å²) in [6, 6.07) is 11.7. The molecule has 100 valence electrons. The fraction of sp³-hybridized carbons (Fsp3) is 0.222. The molecule has 0 heterocycles. The zero-order chi connectivity index (χ0) is 15.1. The zero-order valence-electron chi connectivity index (χ0n) is 12.4. The fourth-order valence-corrected chi connectivity index (χ4v) is 1.91. The van der Waals surface area contributed by atoms with E-state index in [1.54, 1.807) is 0 Å². The van der Waals surface area contributed by atoms with Gasteiger partial charge in [-0.1, -0.05) is 42.0 Å². The van der Waals surface area contributed by atoms with E-state index in [2.05, 4.69) is 9.69 Å². The first-order chi connectivity index (χ1) is 9.49. The molecule has 0 bridgehead atoms. The van der Waals surface area contributed by atoms with Gasteiger partial charge >= 0.3 is 0 Å². The van der Waals surface area contributed by atoms with Crippen molar-refractivity contribution in [3.05, 3.63) is 81.5 Å². The van der Waals surface area contributed by atoms with Crippen molar-refractivity contribution >= 4 is 11.4 Å². The predicted molar refractivity (Wildman–Crippen MR) is 84.4 cm³/mol. The minimum absolute atomic E-state index is 0.755. The highest BCUT2D eigenvalue weighted by atomic mass is 14.7. The number of aryl methyl sites for hydroxylation is 4. The van der Waals surface area contributed by atoms with E-state index in [-0.39, 0.29) is 0 Å². The molecule has 0 N–H and O–H groups in total. The molecule has 2 nitrogen and oxygen atoms in total. The van der Waals surface area contributed by atoms with Gasteiger partial charge in [-0.25, -0.2) is 9.69 Å². The maximum absolute atomic E-state index is 6.85. The second-order valence-electron chi connectivity index (χ2n) is 4.75. The quantitative estimate of drug-likeness (QED) is 0.538. The van der Waals surface area contributed by atoms with E-state index in [0.29, 0.717) is 0 Å². The number of para-hydroxylation sites is 1. The highest BCUT2D eigenvalue weighted by Gasteiger charge is 1.98. The summed E-state index contributed by atoms with van der Waals surface area (Å²) in [6.45, 7) is 21.5. The molecule has 2 rings (SSSR count). The van der Waals surface area contributed by atoms with Gasteiger partial charge in [0, 0.05) is 0 Å². The Hall–Kier alpha value is -2.58. The van der Waals surface area contributed by atoms with Gasteiger partial charge in [0.1, 0.15) is 0 Å². The highest BCUT2D eigenvalue weighted by molar-refractivity contribution is 5.57. The molecule has 0 unspecified atom stereocenters. The molecule has 0 amide bonds. The van der Waals surface area contributed by atoms with Crippen molar-refractivity contribution in [2.75, 3.05) is 0 Å². The Morgan fingerprint density at radius 3 is 1.75 bits per heavy atom. The van der Waals surface area contributed by atoms with Crippen LogP contribution in [0.4, 0.5) is 11.4 Å². The number of hydrogen-bond acceptors (Lipinski definition) is 0.